The summed E-state index contributed by atoms with van der Waals surface area (Å²) in [5.41, 5.74) is 0. The lowest BCUT2D eigenvalue weighted by Gasteiger charge is -2.35. The van der Waals surface area contributed by atoms with Crippen LogP contribution in [0.1, 0.15) is 91.4 Å². The van der Waals surface area contributed by atoms with Crippen LogP contribution < -0.4 is 9.79 Å². The summed E-state index contributed by atoms with van der Waals surface area (Å²) >= 11 is 0. The van der Waals surface area contributed by atoms with Crippen molar-refractivity contribution in [1.29, 1.82) is 0 Å². The Hall–Kier alpha value is 0.310. The molecular formula is C16H33O3P-2. The molecule has 0 saturated carbocycles. The Morgan fingerprint density at radius 2 is 1.50 bits per heavy atom. The van der Waals surface area contributed by atoms with Crippen LogP contribution in [0.4, 0.5) is 0 Å². The molecule has 4 heteroatoms. The summed E-state index contributed by atoms with van der Waals surface area (Å²) in [6, 6.07) is 0. The van der Waals surface area contributed by atoms with E-state index in [0.717, 1.165) is 25.7 Å². The predicted octanol–water partition coefficient (Wildman–Crippen LogP) is 4.29. The van der Waals surface area contributed by atoms with Gasteiger partial charge in [-0.15, -0.1) is 0 Å². The van der Waals surface area contributed by atoms with Crippen molar-refractivity contribution in [1.82, 2.24) is 0 Å². The Bertz CT molecular complexity index is 200. The lowest BCUT2D eigenvalue weighted by Crippen LogP contribution is -2.22. The van der Waals surface area contributed by atoms with E-state index in [-0.39, 0.29) is 6.10 Å². The van der Waals surface area contributed by atoms with Gasteiger partial charge >= 0.3 is 0 Å². The van der Waals surface area contributed by atoms with E-state index in [9.17, 15) is 9.79 Å². The predicted molar refractivity (Wildman–Crippen MR) is 83.1 cm³/mol. The van der Waals surface area contributed by atoms with Gasteiger partial charge in [0, 0.05) is 0 Å². The second-order valence-electron chi connectivity index (χ2n) is 5.81. The summed E-state index contributed by atoms with van der Waals surface area (Å²) in [5, 5.41) is 0. The number of hydrogen-bond acceptors (Lipinski definition) is 3. The van der Waals surface area contributed by atoms with Gasteiger partial charge in [-0.25, -0.2) is 0 Å². The molecule has 0 N–H and O–H groups in total. The lowest BCUT2D eigenvalue weighted by molar-refractivity contribution is -0.321. The molecule has 0 aromatic carbocycles. The van der Waals surface area contributed by atoms with Crippen LogP contribution in [0.15, 0.2) is 0 Å². The van der Waals surface area contributed by atoms with Crippen LogP contribution in [0.5, 0.6) is 0 Å². The topological polar surface area (TPSA) is 55.3 Å². The standard InChI is InChI=1S/C16H33O3P/c1-4-7-9-10-11-13-16(19-20(17)18)14-15(6-3)12-8-5-2/h15-16H,4-14H2,1-3H3/q-2. The maximum atomic E-state index is 10.8. The van der Waals surface area contributed by atoms with Crippen LogP contribution in [0, 0.1) is 5.92 Å². The van der Waals surface area contributed by atoms with E-state index in [4.69, 9.17) is 4.52 Å². The van der Waals surface area contributed by atoms with Gasteiger partial charge in [0.05, 0.1) is 6.10 Å². The van der Waals surface area contributed by atoms with Gasteiger partial charge in [0.1, 0.15) is 0 Å². The molecule has 0 bridgehead atoms. The van der Waals surface area contributed by atoms with Gasteiger partial charge in [0.15, 0.2) is 0 Å². The summed E-state index contributed by atoms with van der Waals surface area (Å²) in [6.45, 7) is 6.59. The molecule has 0 aliphatic heterocycles. The molecule has 0 heterocycles. The minimum absolute atomic E-state index is 0.0976. The average molecular weight is 304 g/mol. The quantitative estimate of drug-likeness (QED) is 0.355. The highest BCUT2D eigenvalue weighted by atomic mass is 31.2. The third-order valence-corrected chi connectivity index (χ3v) is 4.47. The van der Waals surface area contributed by atoms with Gasteiger partial charge in [0.25, 0.3) is 0 Å². The lowest BCUT2D eigenvalue weighted by atomic mass is 9.91. The third kappa shape index (κ3) is 12.1. The molecule has 3 nitrogen and oxygen atoms in total. The van der Waals surface area contributed by atoms with E-state index in [2.05, 4.69) is 20.8 Å². The van der Waals surface area contributed by atoms with Crippen molar-refractivity contribution in [2.45, 2.75) is 97.5 Å². The number of rotatable bonds is 14. The number of unbranched alkanes of at least 4 members (excludes halogenated alkanes) is 5. The van der Waals surface area contributed by atoms with Gasteiger partial charge in [0.2, 0.25) is 0 Å². The highest BCUT2D eigenvalue weighted by Crippen LogP contribution is 2.28. The molecule has 0 aromatic heterocycles. The first-order chi connectivity index (χ1) is 9.63. The molecule has 0 amide bonds. The highest BCUT2D eigenvalue weighted by molar-refractivity contribution is 7.36. The fraction of sp³-hybridized carbons (Fsp3) is 1.00. The van der Waals surface area contributed by atoms with E-state index in [1.165, 1.54) is 44.9 Å². The van der Waals surface area contributed by atoms with Crippen molar-refractivity contribution in [3.05, 3.63) is 0 Å². The van der Waals surface area contributed by atoms with Crippen molar-refractivity contribution >= 4 is 8.60 Å². The first kappa shape index (κ1) is 20.3. The van der Waals surface area contributed by atoms with Gasteiger partial charge in [-0.05, 0) is 18.8 Å². The maximum absolute atomic E-state index is 10.8. The summed E-state index contributed by atoms with van der Waals surface area (Å²) in [6.07, 6.45) is 12.5. The van der Waals surface area contributed by atoms with Crippen molar-refractivity contribution in [3.8, 4) is 0 Å². The smallest absolute Gasteiger partial charge is 0.0587 e. The Morgan fingerprint density at radius 3 is 2.05 bits per heavy atom. The van der Waals surface area contributed by atoms with E-state index in [1.54, 1.807) is 0 Å². The van der Waals surface area contributed by atoms with Crippen molar-refractivity contribution in [2.24, 2.45) is 5.92 Å². The fourth-order valence-corrected chi connectivity index (χ4v) is 3.10. The Balaban J connectivity index is 4.04. The van der Waals surface area contributed by atoms with E-state index >= 15 is 0 Å². The Labute approximate surface area is 127 Å². The zero-order chi connectivity index (χ0) is 15.2. The largest absolute Gasteiger partial charge is 0.820 e. The van der Waals surface area contributed by atoms with Crippen LogP contribution in [0.2, 0.25) is 0 Å². The van der Waals surface area contributed by atoms with Gasteiger partial charge in [-0.1, -0.05) is 78.6 Å². The second kappa shape index (κ2) is 14.3. The van der Waals surface area contributed by atoms with E-state index < -0.39 is 8.60 Å². The van der Waals surface area contributed by atoms with Crippen molar-refractivity contribution in [2.75, 3.05) is 0 Å². The molecular weight excluding hydrogens is 271 g/mol. The van der Waals surface area contributed by atoms with Crippen LogP contribution >= 0.6 is 8.60 Å². The summed E-state index contributed by atoms with van der Waals surface area (Å²) in [4.78, 5) is 21.7. The molecule has 0 aliphatic rings. The highest BCUT2D eigenvalue weighted by Gasteiger charge is 2.15. The molecule has 0 saturated heterocycles. The summed E-state index contributed by atoms with van der Waals surface area (Å²) < 4.78 is 5.12. The zero-order valence-electron chi connectivity index (χ0n) is 13.6. The minimum atomic E-state index is -2.72. The molecule has 0 aromatic rings. The van der Waals surface area contributed by atoms with Crippen LogP contribution in [0.25, 0.3) is 0 Å². The van der Waals surface area contributed by atoms with E-state index in [1.807, 2.05) is 0 Å². The summed E-state index contributed by atoms with van der Waals surface area (Å²) in [5.74, 6) is 0.602. The van der Waals surface area contributed by atoms with Crippen LogP contribution in [0.3, 0.4) is 0 Å². The van der Waals surface area contributed by atoms with Gasteiger partial charge < -0.3 is 14.3 Å². The maximum Gasteiger partial charge on any atom is 0.0587 e. The molecule has 0 fully saturated rings. The zero-order valence-corrected chi connectivity index (χ0v) is 14.5. The Morgan fingerprint density at radius 1 is 0.850 bits per heavy atom. The Kier molecular flexibility index (Phi) is 14.5. The first-order valence-corrected chi connectivity index (χ1v) is 9.54. The average Bonchev–Trinajstić information content (AvgIpc) is 2.42. The molecule has 20 heavy (non-hydrogen) atoms. The molecule has 2 atom stereocenters. The third-order valence-electron chi connectivity index (χ3n) is 4.00. The molecule has 0 rings (SSSR count). The normalized spacial score (nSPS) is 14.7. The first-order valence-electron chi connectivity index (χ1n) is 8.45. The van der Waals surface area contributed by atoms with Crippen molar-refractivity contribution < 1.29 is 14.3 Å². The molecule has 0 radical (unpaired) electrons. The molecule has 0 aliphatic carbocycles. The van der Waals surface area contributed by atoms with Crippen LogP contribution in [-0.4, -0.2) is 6.10 Å². The monoisotopic (exact) mass is 304 g/mol. The number of hydrogen-bond donors (Lipinski definition) is 0. The molecule has 2 unspecified atom stereocenters. The second-order valence-corrected chi connectivity index (χ2v) is 6.46. The molecule has 122 valence electrons. The SMILES string of the molecule is CCCCCCCC(CC(CC)CCCC)OP([O-])[O-]. The fourth-order valence-electron chi connectivity index (χ4n) is 2.66. The van der Waals surface area contributed by atoms with Gasteiger partial charge in [-0.2, -0.15) is 8.60 Å². The van der Waals surface area contributed by atoms with Gasteiger partial charge in [-0.3, -0.25) is 0 Å². The minimum Gasteiger partial charge on any atom is -0.820 e. The van der Waals surface area contributed by atoms with Crippen LogP contribution in [-0.2, 0) is 4.52 Å². The molecule has 0 spiro atoms. The summed E-state index contributed by atoms with van der Waals surface area (Å²) in [7, 11) is -2.72. The van der Waals surface area contributed by atoms with E-state index in [0.29, 0.717) is 5.92 Å². The van der Waals surface area contributed by atoms with Crippen molar-refractivity contribution in [3.63, 3.8) is 0 Å².